The number of rotatable bonds is 14. The van der Waals surface area contributed by atoms with Crippen molar-refractivity contribution in [2.24, 2.45) is 11.7 Å². The van der Waals surface area contributed by atoms with Gasteiger partial charge in [-0.3, -0.25) is 15.0 Å². The molecule has 0 radical (unpaired) electrons. The number of benzene rings is 1. The van der Waals surface area contributed by atoms with Crippen LogP contribution >= 0.6 is 11.8 Å². The van der Waals surface area contributed by atoms with E-state index >= 15 is 0 Å². The highest BCUT2D eigenvalue weighted by Gasteiger charge is 2.43. The number of nitrogens with one attached hydrogen (secondary N) is 4. The molecule has 0 aromatic heterocycles. The van der Waals surface area contributed by atoms with Gasteiger partial charge >= 0.3 is 6.36 Å². The van der Waals surface area contributed by atoms with E-state index < -0.39 is 46.4 Å². The molecule has 2 saturated heterocycles. The van der Waals surface area contributed by atoms with Crippen molar-refractivity contribution in [2.45, 2.75) is 74.9 Å². The molecule has 1 unspecified atom stereocenters. The molecule has 4 rings (SSSR count). The van der Waals surface area contributed by atoms with Crippen LogP contribution < -0.4 is 25.8 Å². The van der Waals surface area contributed by atoms with E-state index in [0.29, 0.717) is 29.2 Å². The number of piperidine rings is 1. The van der Waals surface area contributed by atoms with Crippen LogP contribution in [0.15, 0.2) is 35.2 Å². The summed E-state index contributed by atoms with van der Waals surface area (Å²) in [7, 11) is -3.76. The summed E-state index contributed by atoms with van der Waals surface area (Å²) in [5.41, 5.74) is 6.14. The maximum absolute atomic E-state index is 14.0. The molecule has 46 heavy (non-hydrogen) atoms. The molecule has 3 aliphatic rings. The van der Waals surface area contributed by atoms with Crippen LogP contribution in [-0.4, -0.2) is 93.2 Å². The molecular weight excluding hydrogens is 649 g/mol. The van der Waals surface area contributed by atoms with Crippen molar-refractivity contribution < 1.29 is 40.7 Å². The predicted octanol–water partition coefficient (Wildman–Crippen LogP) is 2.21. The molecule has 0 saturated carbocycles. The monoisotopic (exact) mass is 690 g/mol. The fourth-order valence-corrected chi connectivity index (χ4v) is 7.59. The Morgan fingerprint density at radius 1 is 1.22 bits per heavy atom. The van der Waals surface area contributed by atoms with Gasteiger partial charge in [0.1, 0.15) is 23.7 Å². The summed E-state index contributed by atoms with van der Waals surface area (Å²) >= 11 is 1.39. The van der Waals surface area contributed by atoms with Gasteiger partial charge in [0.15, 0.2) is 0 Å². The highest BCUT2D eigenvalue weighted by Crippen LogP contribution is 2.32. The van der Waals surface area contributed by atoms with Crippen molar-refractivity contribution in [3.63, 3.8) is 0 Å². The molecule has 12 nitrogen and oxygen atoms in total. The third kappa shape index (κ3) is 11.1. The topological polar surface area (TPSA) is 176 Å². The van der Waals surface area contributed by atoms with Crippen molar-refractivity contribution in [1.29, 1.82) is 5.41 Å². The summed E-state index contributed by atoms with van der Waals surface area (Å²) in [6.07, 6.45) is 0.941. The van der Waals surface area contributed by atoms with Crippen LogP contribution in [0, 0.1) is 11.3 Å². The number of likely N-dealkylation sites (tertiary alicyclic amines) is 1. The van der Waals surface area contributed by atoms with Gasteiger partial charge in [-0.1, -0.05) is 18.2 Å². The van der Waals surface area contributed by atoms with E-state index in [1.54, 1.807) is 0 Å². The zero-order chi connectivity index (χ0) is 33.5. The highest BCUT2D eigenvalue weighted by atomic mass is 32.2. The van der Waals surface area contributed by atoms with E-state index in [-0.39, 0.29) is 49.4 Å². The van der Waals surface area contributed by atoms with E-state index in [9.17, 15) is 31.2 Å². The fraction of sp³-hybridized carbons (Fsp3) is 0.621. The lowest BCUT2D eigenvalue weighted by atomic mass is 9.91. The van der Waals surface area contributed by atoms with Crippen LogP contribution in [0.1, 0.15) is 44.1 Å². The van der Waals surface area contributed by atoms with Crippen molar-refractivity contribution >= 4 is 39.4 Å². The Labute approximate surface area is 270 Å². The lowest BCUT2D eigenvalue weighted by Gasteiger charge is -2.30. The number of alkyl halides is 3. The molecule has 0 aliphatic carbocycles. The minimum absolute atomic E-state index is 0.00622. The van der Waals surface area contributed by atoms with Crippen LogP contribution in [0.5, 0.6) is 5.75 Å². The van der Waals surface area contributed by atoms with Gasteiger partial charge in [-0.15, -0.1) is 24.9 Å². The molecule has 6 N–H and O–H groups in total. The number of amidine groups is 1. The lowest BCUT2D eigenvalue weighted by Crippen LogP contribution is -2.54. The summed E-state index contributed by atoms with van der Waals surface area (Å²) in [4.78, 5) is 29.5. The van der Waals surface area contributed by atoms with Crippen LogP contribution in [0.2, 0.25) is 0 Å². The molecule has 2 amide bonds. The first-order chi connectivity index (χ1) is 21.7. The average Bonchev–Trinajstić information content (AvgIpc) is 3.64. The van der Waals surface area contributed by atoms with Gasteiger partial charge in [-0.2, -0.15) is 0 Å². The van der Waals surface area contributed by atoms with Gasteiger partial charge in [0, 0.05) is 29.7 Å². The second kappa shape index (κ2) is 15.8. The van der Waals surface area contributed by atoms with Crippen molar-refractivity contribution in [3.05, 3.63) is 40.8 Å². The first kappa shape index (κ1) is 36.0. The van der Waals surface area contributed by atoms with Gasteiger partial charge < -0.3 is 30.7 Å². The molecule has 1 aromatic carbocycles. The zero-order valence-electron chi connectivity index (χ0n) is 25.5. The second-order valence-corrected chi connectivity index (χ2v) is 14.9. The minimum Gasteiger partial charge on any atom is -0.406 e. The maximum atomic E-state index is 14.0. The zero-order valence-corrected chi connectivity index (χ0v) is 27.1. The highest BCUT2D eigenvalue weighted by molar-refractivity contribution is 8.04. The molecule has 2 fully saturated rings. The summed E-state index contributed by atoms with van der Waals surface area (Å²) in [6.45, 7) is 2.02. The van der Waals surface area contributed by atoms with Gasteiger partial charge in [0.05, 0.1) is 19.0 Å². The van der Waals surface area contributed by atoms with E-state index in [0.717, 1.165) is 32.2 Å². The average molecular weight is 691 g/mol. The van der Waals surface area contributed by atoms with Gasteiger partial charge in [-0.25, -0.2) is 13.1 Å². The van der Waals surface area contributed by atoms with Crippen LogP contribution in [0.25, 0.3) is 0 Å². The minimum atomic E-state index is -4.81. The summed E-state index contributed by atoms with van der Waals surface area (Å²) in [5, 5.41) is 13.8. The molecule has 3 aliphatic heterocycles. The lowest BCUT2D eigenvalue weighted by molar-refractivity contribution is -0.274. The largest absolute Gasteiger partial charge is 0.573 e. The quantitative estimate of drug-likeness (QED) is 0.145. The number of ether oxygens (including phenoxy) is 2. The SMILES string of the molecule is CS(=O)(=O)N[C@H](CCC1CCNCC1)C(=O)N1C[C@H](OCc2ccc(OC(F)(F)F)cc2)C[C@H]1C(=O)NCC1CC=C(C(=N)N)S1. The fourth-order valence-electron chi connectivity index (χ4n) is 5.82. The Kier molecular flexibility index (Phi) is 12.4. The standard InChI is InChI=1S/C29H41F3N6O6S2/c1-46(41,42)37-23(8-4-18-10-12-35-13-11-18)28(40)38-16-21(43-17-19-2-5-20(6-3-19)44-29(30,31)32)14-24(38)27(39)36-15-22-7-9-25(45-22)26(33)34/h2-3,5-6,9,18,21-24,35,37H,4,7-8,10-17H2,1H3,(H3,33,34)(H,36,39)/t21-,22?,23-,24+/m1/s1. The molecule has 4 atom stereocenters. The Hall–Kier alpha value is -2.86. The van der Waals surface area contributed by atoms with Gasteiger partial charge in [0.2, 0.25) is 21.8 Å². The summed E-state index contributed by atoms with van der Waals surface area (Å²) in [6, 6.07) is 3.20. The van der Waals surface area contributed by atoms with Crippen LogP contribution in [-0.2, 0) is 31.0 Å². The Balaban J connectivity index is 1.44. The number of hydrogen-bond acceptors (Lipinski definition) is 9. The molecule has 256 valence electrons. The molecule has 17 heteroatoms. The molecule has 1 aromatic rings. The number of nitrogens with zero attached hydrogens (tertiary/aromatic N) is 1. The summed E-state index contributed by atoms with van der Waals surface area (Å²) < 4.78 is 74.5. The van der Waals surface area contributed by atoms with E-state index in [1.807, 2.05) is 6.08 Å². The smallest absolute Gasteiger partial charge is 0.406 e. The maximum Gasteiger partial charge on any atom is 0.573 e. The molecular formula is C29H41F3N6O6S2. The van der Waals surface area contributed by atoms with Crippen molar-refractivity contribution in [2.75, 3.05) is 32.4 Å². The van der Waals surface area contributed by atoms with Crippen LogP contribution in [0.3, 0.4) is 0 Å². The normalized spacial score (nSPS) is 23.2. The first-order valence-electron chi connectivity index (χ1n) is 15.1. The third-order valence-electron chi connectivity index (χ3n) is 8.10. The number of carbonyl (C=O) groups excluding carboxylic acids is 2. The molecule has 0 bridgehead atoms. The Bertz CT molecular complexity index is 1370. The second-order valence-electron chi connectivity index (χ2n) is 11.8. The first-order valence-corrected chi connectivity index (χ1v) is 17.9. The van der Waals surface area contributed by atoms with Gasteiger partial charge in [-0.05, 0) is 68.8 Å². The number of nitrogens with two attached hydrogens (primary N) is 1. The van der Waals surface area contributed by atoms with E-state index in [4.69, 9.17) is 15.9 Å². The number of allylic oxidation sites excluding steroid dienone is 1. The molecule has 0 spiro atoms. The Morgan fingerprint density at radius 3 is 2.52 bits per heavy atom. The van der Waals surface area contributed by atoms with Crippen molar-refractivity contribution in [1.82, 2.24) is 20.3 Å². The van der Waals surface area contributed by atoms with Crippen molar-refractivity contribution in [3.8, 4) is 5.75 Å². The van der Waals surface area contributed by atoms with Crippen LogP contribution in [0.4, 0.5) is 13.2 Å². The summed E-state index contributed by atoms with van der Waals surface area (Å²) in [5.74, 6) is -0.998. The third-order valence-corrected chi connectivity index (χ3v) is 10.1. The number of thioether (sulfide) groups is 1. The van der Waals surface area contributed by atoms with E-state index in [1.165, 1.54) is 40.9 Å². The number of sulfonamides is 1. The van der Waals surface area contributed by atoms with Gasteiger partial charge in [0.25, 0.3) is 0 Å². The Morgan fingerprint density at radius 2 is 1.91 bits per heavy atom. The number of carbonyl (C=O) groups is 2. The number of amides is 2. The molecule has 3 heterocycles. The number of halogens is 3. The number of hydrogen-bond donors (Lipinski definition) is 5. The predicted molar refractivity (Wildman–Crippen MR) is 167 cm³/mol. The van der Waals surface area contributed by atoms with E-state index in [2.05, 4.69) is 20.1 Å².